The van der Waals surface area contributed by atoms with Gasteiger partial charge in [0.05, 0.1) is 11.5 Å². The lowest BCUT2D eigenvalue weighted by atomic mass is 10.2. The van der Waals surface area contributed by atoms with Crippen molar-refractivity contribution in [2.24, 2.45) is 4.99 Å². The van der Waals surface area contributed by atoms with E-state index in [0.29, 0.717) is 24.7 Å². The highest BCUT2D eigenvalue weighted by Gasteiger charge is 2.20. The highest BCUT2D eigenvalue weighted by atomic mass is 35.5. The summed E-state index contributed by atoms with van der Waals surface area (Å²) in [4.78, 5) is 6.33. The van der Waals surface area contributed by atoms with Crippen molar-refractivity contribution >= 4 is 27.4 Å². The normalized spacial score (nSPS) is 18.6. The van der Waals surface area contributed by atoms with E-state index >= 15 is 0 Å². The van der Waals surface area contributed by atoms with Crippen LogP contribution in [0, 0.1) is 0 Å². The molecule has 0 atom stereocenters. The van der Waals surface area contributed by atoms with Crippen LogP contribution < -0.4 is 10.6 Å². The summed E-state index contributed by atoms with van der Waals surface area (Å²) in [5, 5.41) is 7.18. The molecule has 2 N–H and O–H groups in total. The lowest BCUT2D eigenvalue weighted by molar-refractivity contribution is 0.299. The van der Waals surface area contributed by atoms with Crippen LogP contribution in [0.3, 0.4) is 0 Å². The Balaban J connectivity index is 1.69. The number of rotatable bonds is 5. The van der Waals surface area contributed by atoms with Gasteiger partial charge in [-0.25, -0.2) is 8.42 Å². The molecule has 1 aliphatic heterocycles. The van der Waals surface area contributed by atoms with E-state index in [1.54, 1.807) is 7.05 Å². The van der Waals surface area contributed by atoms with Crippen LogP contribution in [0.4, 0.5) is 0 Å². The molecule has 0 unspecified atom stereocenters. The molecule has 0 radical (unpaired) electrons. The molecule has 0 aliphatic carbocycles. The Hall–Kier alpha value is -1.31. The summed E-state index contributed by atoms with van der Waals surface area (Å²) in [7, 11) is -1.09. The van der Waals surface area contributed by atoms with Crippen molar-refractivity contribution in [3.63, 3.8) is 0 Å². The molecule has 1 aromatic carbocycles. The molecule has 2 rings (SSSR count). The van der Waals surface area contributed by atoms with Crippen LogP contribution in [-0.2, 0) is 16.4 Å². The number of sulfone groups is 1. The van der Waals surface area contributed by atoms with Crippen LogP contribution in [0.15, 0.2) is 29.3 Å². The molecule has 1 aliphatic rings. The average molecular weight is 359 g/mol. The van der Waals surface area contributed by atoms with Gasteiger partial charge in [0, 0.05) is 44.8 Å². The second kappa shape index (κ2) is 8.52. The molecule has 0 aromatic heterocycles. The third kappa shape index (κ3) is 6.37. The molecule has 0 amide bonds. The first-order valence-corrected chi connectivity index (χ1v) is 9.80. The lowest BCUT2D eigenvalue weighted by Crippen LogP contribution is -2.45. The van der Waals surface area contributed by atoms with E-state index in [0.717, 1.165) is 24.6 Å². The molecule has 128 valence electrons. The molecule has 1 fully saturated rings. The summed E-state index contributed by atoms with van der Waals surface area (Å²) >= 11 is 5.96. The Morgan fingerprint density at radius 2 is 2.04 bits per heavy atom. The zero-order valence-electron chi connectivity index (χ0n) is 13.3. The van der Waals surface area contributed by atoms with Crippen LogP contribution in [-0.4, -0.2) is 64.0 Å². The second-order valence-corrected chi connectivity index (χ2v) is 8.22. The number of nitrogens with one attached hydrogen (secondary N) is 2. The molecule has 0 spiro atoms. The molecular weight excluding hydrogens is 336 g/mol. The van der Waals surface area contributed by atoms with E-state index in [4.69, 9.17) is 11.6 Å². The summed E-state index contributed by atoms with van der Waals surface area (Å²) < 4.78 is 22.8. The predicted molar refractivity (Wildman–Crippen MR) is 94.7 cm³/mol. The van der Waals surface area contributed by atoms with Crippen LogP contribution in [0.1, 0.15) is 5.56 Å². The first-order valence-electron chi connectivity index (χ1n) is 7.60. The molecule has 0 saturated carbocycles. The van der Waals surface area contributed by atoms with Crippen molar-refractivity contribution in [3.05, 3.63) is 34.9 Å². The van der Waals surface area contributed by atoms with Gasteiger partial charge in [0.15, 0.2) is 15.8 Å². The quantitative estimate of drug-likeness (QED) is 0.600. The topological polar surface area (TPSA) is 73.8 Å². The van der Waals surface area contributed by atoms with Gasteiger partial charge in [-0.2, -0.15) is 0 Å². The standard InChI is InChI=1S/C15H23ClN4O2S/c1-17-15(19-12-13-3-2-4-14(16)11-13)18-5-6-20-7-9-23(21,22)10-8-20/h2-4,11H,5-10,12H2,1H3,(H2,17,18,19). The Kier molecular flexibility index (Phi) is 6.68. The minimum Gasteiger partial charge on any atom is -0.355 e. The molecule has 0 bridgehead atoms. The van der Waals surface area contributed by atoms with E-state index in [-0.39, 0.29) is 11.5 Å². The molecule has 23 heavy (non-hydrogen) atoms. The van der Waals surface area contributed by atoms with E-state index in [1.807, 2.05) is 24.3 Å². The van der Waals surface area contributed by atoms with Crippen molar-refractivity contribution < 1.29 is 8.42 Å². The molecule has 1 saturated heterocycles. The van der Waals surface area contributed by atoms with Crippen molar-refractivity contribution in [3.8, 4) is 0 Å². The van der Waals surface area contributed by atoms with Crippen molar-refractivity contribution in [2.75, 3.05) is 44.7 Å². The minimum absolute atomic E-state index is 0.259. The first-order chi connectivity index (χ1) is 11.0. The summed E-state index contributed by atoms with van der Waals surface area (Å²) in [6.45, 7) is 3.38. The van der Waals surface area contributed by atoms with Gasteiger partial charge >= 0.3 is 0 Å². The fraction of sp³-hybridized carbons (Fsp3) is 0.533. The van der Waals surface area contributed by atoms with Crippen molar-refractivity contribution in [1.82, 2.24) is 15.5 Å². The number of aliphatic imine (C=N–C) groups is 1. The van der Waals surface area contributed by atoms with Gasteiger partial charge in [-0.05, 0) is 17.7 Å². The molecular formula is C15H23ClN4O2S. The summed E-state index contributed by atoms with van der Waals surface area (Å²) in [6, 6.07) is 7.67. The molecule has 1 aromatic rings. The summed E-state index contributed by atoms with van der Waals surface area (Å²) in [5.74, 6) is 1.23. The van der Waals surface area contributed by atoms with Gasteiger partial charge in [-0.1, -0.05) is 23.7 Å². The van der Waals surface area contributed by atoms with Gasteiger partial charge in [0.25, 0.3) is 0 Å². The maximum Gasteiger partial charge on any atom is 0.191 e. The molecule has 1 heterocycles. The Morgan fingerprint density at radius 3 is 2.70 bits per heavy atom. The van der Waals surface area contributed by atoms with E-state index in [1.165, 1.54) is 0 Å². The Labute approximate surface area is 142 Å². The van der Waals surface area contributed by atoms with E-state index < -0.39 is 9.84 Å². The van der Waals surface area contributed by atoms with Crippen molar-refractivity contribution in [1.29, 1.82) is 0 Å². The zero-order valence-corrected chi connectivity index (χ0v) is 14.8. The van der Waals surface area contributed by atoms with Crippen molar-refractivity contribution in [2.45, 2.75) is 6.54 Å². The zero-order chi connectivity index (χ0) is 16.7. The number of nitrogens with zero attached hydrogens (tertiary/aromatic N) is 2. The first kappa shape index (κ1) is 18.0. The fourth-order valence-corrected chi connectivity index (χ4v) is 3.85. The number of benzene rings is 1. The van der Waals surface area contributed by atoms with Crippen LogP contribution >= 0.6 is 11.6 Å². The Bertz CT molecular complexity index is 635. The third-order valence-corrected chi connectivity index (χ3v) is 5.57. The number of hydrogen-bond acceptors (Lipinski definition) is 4. The summed E-state index contributed by atoms with van der Waals surface area (Å²) in [6.07, 6.45) is 0. The van der Waals surface area contributed by atoms with Gasteiger partial charge in [0.2, 0.25) is 0 Å². The fourth-order valence-electron chi connectivity index (χ4n) is 2.36. The second-order valence-electron chi connectivity index (χ2n) is 5.48. The van der Waals surface area contributed by atoms with Gasteiger partial charge in [-0.15, -0.1) is 0 Å². The molecule has 6 nitrogen and oxygen atoms in total. The highest BCUT2D eigenvalue weighted by molar-refractivity contribution is 7.91. The molecule has 8 heteroatoms. The summed E-state index contributed by atoms with van der Waals surface area (Å²) in [5.41, 5.74) is 1.08. The van der Waals surface area contributed by atoms with Crippen LogP contribution in [0.5, 0.6) is 0 Å². The lowest BCUT2D eigenvalue weighted by Gasteiger charge is -2.26. The maximum absolute atomic E-state index is 11.4. The van der Waals surface area contributed by atoms with Gasteiger partial charge < -0.3 is 10.6 Å². The average Bonchev–Trinajstić information content (AvgIpc) is 2.52. The number of halogens is 1. The Morgan fingerprint density at radius 1 is 1.30 bits per heavy atom. The smallest absolute Gasteiger partial charge is 0.191 e. The van der Waals surface area contributed by atoms with Gasteiger partial charge in [0.1, 0.15) is 0 Å². The number of guanidine groups is 1. The van der Waals surface area contributed by atoms with Crippen LogP contribution in [0.2, 0.25) is 5.02 Å². The maximum atomic E-state index is 11.4. The SMILES string of the molecule is CN=C(NCCN1CCS(=O)(=O)CC1)NCc1cccc(Cl)c1. The predicted octanol–water partition coefficient (Wildman–Crippen LogP) is 0.735. The van der Waals surface area contributed by atoms with E-state index in [9.17, 15) is 8.42 Å². The highest BCUT2D eigenvalue weighted by Crippen LogP contribution is 2.10. The number of hydrogen-bond donors (Lipinski definition) is 2. The van der Waals surface area contributed by atoms with Crippen LogP contribution in [0.25, 0.3) is 0 Å². The third-order valence-electron chi connectivity index (χ3n) is 3.73. The van der Waals surface area contributed by atoms with Gasteiger partial charge in [-0.3, -0.25) is 9.89 Å². The monoisotopic (exact) mass is 358 g/mol. The van der Waals surface area contributed by atoms with E-state index in [2.05, 4.69) is 20.5 Å². The minimum atomic E-state index is -2.81. The largest absolute Gasteiger partial charge is 0.355 e.